The van der Waals surface area contributed by atoms with Crippen LogP contribution in [-0.4, -0.2) is 50.9 Å². The summed E-state index contributed by atoms with van der Waals surface area (Å²) in [5.41, 5.74) is 1.12. The fourth-order valence-electron chi connectivity index (χ4n) is 3.35. The van der Waals surface area contributed by atoms with E-state index in [1.165, 1.54) is 4.31 Å². The second kappa shape index (κ2) is 9.66. The number of hydrogen-bond donors (Lipinski definition) is 2. The summed E-state index contributed by atoms with van der Waals surface area (Å²) in [6, 6.07) is 7.36. The van der Waals surface area contributed by atoms with Crippen molar-refractivity contribution in [2.24, 2.45) is 5.92 Å². The molecule has 0 aliphatic carbocycles. The van der Waals surface area contributed by atoms with E-state index in [0.717, 1.165) is 12.1 Å². The summed E-state index contributed by atoms with van der Waals surface area (Å²) in [6.45, 7) is 10.5. The number of benzene rings is 1. The second-order valence-corrected chi connectivity index (χ2v) is 9.54. The molecule has 0 spiro atoms. The number of rotatable bonds is 8. The maximum Gasteiger partial charge on any atom is 0.243 e. The Morgan fingerprint density at radius 2 is 1.74 bits per heavy atom. The number of hydrogen-bond acceptors (Lipinski definition) is 4. The highest BCUT2D eigenvalue weighted by Gasteiger charge is 2.32. The van der Waals surface area contributed by atoms with E-state index in [1.807, 2.05) is 26.0 Å². The van der Waals surface area contributed by atoms with Crippen molar-refractivity contribution in [3.8, 4) is 0 Å². The molecule has 0 saturated carbocycles. The Kier molecular flexibility index (Phi) is 7.82. The molecule has 1 heterocycles. The fourth-order valence-corrected chi connectivity index (χ4v) is 4.82. The van der Waals surface area contributed by atoms with Crippen LogP contribution in [0, 0.1) is 5.92 Å². The Morgan fingerprint density at radius 1 is 1.15 bits per heavy atom. The van der Waals surface area contributed by atoms with Crippen molar-refractivity contribution in [3.05, 3.63) is 29.8 Å². The standard InChI is InChI=1S/C20H33N3O3S/c1-5-21-16(4)14-22-20(24)18-10-12-23(13-11-18)27(25,26)19-8-6-17(7-9-19)15(2)3/h6-9,15-16,18,21H,5,10-14H2,1-4H3,(H,22,24)/t16-/m1/s1. The van der Waals surface area contributed by atoms with E-state index in [-0.39, 0.29) is 17.9 Å². The molecule has 1 aliphatic rings. The van der Waals surface area contributed by atoms with E-state index in [2.05, 4.69) is 24.5 Å². The molecular weight excluding hydrogens is 362 g/mol. The summed E-state index contributed by atoms with van der Waals surface area (Å²) in [6.07, 6.45) is 1.12. The zero-order chi connectivity index (χ0) is 20.0. The molecule has 6 nitrogen and oxygen atoms in total. The summed E-state index contributed by atoms with van der Waals surface area (Å²) in [5, 5.41) is 6.23. The first kappa shape index (κ1) is 21.9. The van der Waals surface area contributed by atoms with Crippen LogP contribution in [0.5, 0.6) is 0 Å². The number of carbonyl (C=O) groups is 1. The maximum atomic E-state index is 12.8. The summed E-state index contributed by atoms with van der Waals surface area (Å²) >= 11 is 0. The lowest BCUT2D eigenvalue weighted by atomic mass is 9.97. The Labute approximate surface area is 163 Å². The SMILES string of the molecule is CCN[C@H](C)CNC(=O)C1CCN(S(=O)(=O)c2ccc(C(C)C)cc2)CC1. The molecule has 1 aromatic rings. The van der Waals surface area contributed by atoms with Crippen molar-refractivity contribution in [1.29, 1.82) is 0 Å². The summed E-state index contributed by atoms with van der Waals surface area (Å²) in [5.74, 6) is 0.276. The number of likely N-dealkylation sites (N-methyl/N-ethyl adjacent to an activating group) is 1. The van der Waals surface area contributed by atoms with Crippen LogP contribution < -0.4 is 10.6 Å². The largest absolute Gasteiger partial charge is 0.354 e. The third kappa shape index (κ3) is 5.77. The minimum absolute atomic E-state index is 0.0260. The highest BCUT2D eigenvalue weighted by Crippen LogP contribution is 2.25. The van der Waals surface area contributed by atoms with Crippen LogP contribution >= 0.6 is 0 Å². The molecule has 0 bridgehead atoms. The molecule has 1 saturated heterocycles. The average Bonchev–Trinajstić information content (AvgIpc) is 2.66. The molecule has 1 atom stereocenters. The molecule has 7 heteroatoms. The molecule has 1 aliphatic heterocycles. The van der Waals surface area contributed by atoms with Crippen LogP contribution in [0.15, 0.2) is 29.2 Å². The number of nitrogens with zero attached hydrogens (tertiary/aromatic N) is 1. The predicted molar refractivity (Wildman–Crippen MR) is 108 cm³/mol. The van der Waals surface area contributed by atoms with Gasteiger partial charge in [-0.2, -0.15) is 4.31 Å². The van der Waals surface area contributed by atoms with E-state index in [1.54, 1.807) is 12.1 Å². The smallest absolute Gasteiger partial charge is 0.243 e. The Morgan fingerprint density at radius 3 is 2.26 bits per heavy atom. The van der Waals surface area contributed by atoms with E-state index in [9.17, 15) is 13.2 Å². The Bertz CT molecular complexity index is 708. The Hall–Kier alpha value is -1.44. The third-order valence-electron chi connectivity index (χ3n) is 5.14. The first-order valence-electron chi connectivity index (χ1n) is 9.87. The van der Waals surface area contributed by atoms with Gasteiger partial charge >= 0.3 is 0 Å². The van der Waals surface area contributed by atoms with Gasteiger partial charge in [-0.15, -0.1) is 0 Å². The van der Waals surface area contributed by atoms with Crippen molar-refractivity contribution < 1.29 is 13.2 Å². The van der Waals surface area contributed by atoms with Crippen molar-refractivity contribution in [1.82, 2.24) is 14.9 Å². The van der Waals surface area contributed by atoms with Gasteiger partial charge in [-0.1, -0.05) is 32.9 Å². The van der Waals surface area contributed by atoms with Crippen LogP contribution in [0.1, 0.15) is 52.0 Å². The lowest BCUT2D eigenvalue weighted by molar-refractivity contribution is -0.126. The minimum Gasteiger partial charge on any atom is -0.354 e. The molecule has 1 amide bonds. The van der Waals surface area contributed by atoms with Crippen LogP contribution in [0.25, 0.3) is 0 Å². The van der Waals surface area contributed by atoms with Gasteiger partial charge in [-0.25, -0.2) is 8.42 Å². The number of piperidine rings is 1. The molecule has 0 aromatic heterocycles. The normalized spacial score (nSPS) is 17.8. The zero-order valence-electron chi connectivity index (χ0n) is 16.9. The molecule has 1 fully saturated rings. The van der Waals surface area contributed by atoms with Crippen LogP contribution in [0.3, 0.4) is 0 Å². The molecule has 0 unspecified atom stereocenters. The zero-order valence-corrected chi connectivity index (χ0v) is 17.7. The lowest BCUT2D eigenvalue weighted by Crippen LogP contribution is -2.45. The van der Waals surface area contributed by atoms with Gasteiger partial charge in [-0.3, -0.25) is 4.79 Å². The molecule has 2 rings (SSSR count). The van der Waals surface area contributed by atoms with Gasteiger partial charge < -0.3 is 10.6 Å². The van der Waals surface area contributed by atoms with Crippen molar-refractivity contribution in [2.45, 2.75) is 57.4 Å². The molecule has 0 radical (unpaired) electrons. The van der Waals surface area contributed by atoms with Crippen molar-refractivity contribution >= 4 is 15.9 Å². The number of carbonyl (C=O) groups excluding carboxylic acids is 1. The first-order valence-corrected chi connectivity index (χ1v) is 11.3. The van der Waals surface area contributed by atoms with Gasteiger partial charge in [-0.05, 0) is 49.9 Å². The van der Waals surface area contributed by atoms with Crippen LogP contribution in [0.4, 0.5) is 0 Å². The summed E-state index contributed by atoms with van der Waals surface area (Å²) < 4.78 is 27.2. The van der Waals surface area contributed by atoms with E-state index >= 15 is 0 Å². The molecule has 152 valence electrons. The second-order valence-electron chi connectivity index (χ2n) is 7.61. The van der Waals surface area contributed by atoms with Gasteiger partial charge in [0.25, 0.3) is 0 Å². The fraction of sp³-hybridized carbons (Fsp3) is 0.650. The molecular formula is C20H33N3O3S. The van der Waals surface area contributed by atoms with E-state index in [4.69, 9.17) is 0 Å². The summed E-state index contributed by atoms with van der Waals surface area (Å²) in [4.78, 5) is 12.7. The van der Waals surface area contributed by atoms with Crippen molar-refractivity contribution in [3.63, 3.8) is 0 Å². The monoisotopic (exact) mass is 395 g/mol. The van der Waals surface area contributed by atoms with E-state index < -0.39 is 10.0 Å². The van der Waals surface area contributed by atoms with Gasteiger partial charge in [0.05, 0.1) is 4.90 Å². The number of amides is 1. The number of sulfonamides is 1. The highest BCUT2D eigenvalue weighted by atomic mass is 32.2. The van der Waals surface area contributed by atoms with E-state index in [0.29, 0.717) is 43.3 Å². The summed E-state index contributed by atoms with van der Waals surface area (Å²) in [7, 11) is -3.50. The first-order chi connectivity index (χ1) is 12.8. The average molecular weight is 396 g/mol. The van der Waals surface area contributed by atoms with Gasteiger partial charge in [0, 0.05) is 31.6 Å². The third-order valence-corrected chi connectivity index (χ3v) is 7.06. The van der Waals surface area contributed by atoms with Gasteiger partial charge in [0.15, 0.2) is 0 Å². The Balaban J connectivity index is 1.91. The van der Waals surface area contributed by atoms with Gasteiger partial charge in [0.1, 0.15) is 0 Å². The number of nitrogens with one attached hydrogen (secondary N) is 2. The molecule has 1 aromatic carbocycles. The van der Waals surface area contributed by atoms with Crippen molar-refractivity contribution in [2.75, 3.05) is 26.2 Å². The maximum absolute atomic E-state index is 12.8. The minimum atomic E-state index is -3.50. The van der Waals surface area contributed by atoms with Crippen LogP contribution in [0.2, 0.25) is 0 Å². The van der Waals surface area contributed by atoms with Crippen LogP contribution in [-0.2, 0) is 14.8 Å². The predicted octanol–water partition coefficient (Wildman–Crippen LogP) is 2.32. The van der Waals surface area contributed by atoms with Gasteiger partial charge in [0.2, 0.25) is 15.9 Å². The molecule has 2 N–H and O–H groups in total. The molecule has 27 heavy (non-hydrogen) atoms. The highest BCUT2D eigenvalue weighted by molar-refractivity contribution is 7.89. The lowest BCUT2D eigenvalue weighted by Gasteiger charge is -2.30. The quantitative estimate of drug-likeness (QED) is 0.708. The topological polar surface area (TPSA) is 78.5 Å².